The highest BCUT2D eigenvalue weighted by Gasteiger charge is 2.24. The molecule has 0 fully saturated rings. The zero-order valence-corrected chi connectivity index (χ0v) is 23.4. The molecule has 9 heteroatoms. The lowest BCUT2D eigenvalue weighted by Gasteiger charge is -2.20. The van der Waals surface area contributed by atoms with E-state index in [1.807, 2.05) is 57.2 Å². The molecule has 0 saturated heterocycles. The van der Waals surface area contributed by atoms with E-state index in [1.165, 1.54) is 0 Å². The largest absolute Gasteiger partial charge is 0.340 e. The molecule has 2 amide bonds. The van der Waals surface area contributed by atoms with Gasteiger partial charge in [0.05, 0.1) is 6.21 Å². The number of amides is 2. The number of hydrazone groups is 1. The molecule has 0 saturated carbocycles. The molecular formula is C29H27Cl3N4O2. The third kappa shape index (κ3) is 6.21. The SMILES string of the molecule is Cc1c(C=NNC(=O)C(NC(=O)c2ccc(Cl)cc2)C(C)C)c2ccccc2n1Cc1ccc(Cl)cc1Cl. The molecule has 3 aromatic carbocycles. The standard InChI is InChI=1S/C29H27Cl3N4O2/c1-17(2)27(34-28(37)19-8-11-21(30)12-9-19)29(38)35-33-15-24-18(3)36(26-7-5-4-6-23(24)26)16-20-10-13-22(31)14-25(20)32/h4-15,17,27H,16H2,1-3H3,(H,34,37)(H,35,38). The second-order valence-corrected chi connectivity index (χ2v) is 10.6. The van der Waals surface area contributed by atoms with Crippen molar-refractivity contribution in [2.45, 2.75) is 33.4 Å². The Hall–Kier alpha value is -3.32. The number of para-hydroxylation sites is 1. The van der Waals surface area contributed by atoms with E-state index in [-0.39, 0.29) is 11.8 Å². The van der Waals surface area contributed by atoms with Crippen molar-refractivity contribution in [1.82, 2.24) is 15.3 Å². The fourth-order valence-corrected chi connectivity index (χ4v) is 4.83. The number of halogens is 3. The lowest BCUT2D eigenvalue weighted by molar-refractivity contribution is -0.123. The highest BCUT2D eigenvalue weighted by molar-refractivity contribution is 6.35. The van der Waals surface area contributed by atoms with Crippen LogP contribution in [0.4, 0.5) is 0 Å². The quantitative estimate of drug-likeness (QED) is 0.180. The molecule has 6 nitrogen and oxygen atoms in total. The van der Waals surface area contributed by atoms with Gasteiger partial charge in [-0.05, 0) is 60.9 Å². The van der Waals surface area contributed by atoms with E-state index in [4.69, 9.17) is 34.8 Å². The van der Waals surface area contributed by atoms with Crippen LogP contribution in [0.25, 0.3) is 10.9 Å². The first-order valence-corrected chi connectivity index (χ1v) is 13.2. The van der Waals surface area contributed by atoms with Gasteiger partial charge < -0.3 is 9.88 Å². The smallest absolute Gasteiger partial charge is 0.262 e. The third-order valence-electron chi connectivity index (χ3n) is 6.33. The topological polar surface area (TPSA) is 75.5 Å². The number of hydrogen-bond donors (Lipinski definition) is 2. The van der Waals surface area contributed by atoms with Crippen molar-refractivity contribution >= 4 is 63.7 Å². The zero-order valence-electron chi connectivity index (χ0n) is 21.1. The van der Waals surface area contributed by atoms with Crippen molar-refractivity contribution in [3.05, 3.63) is 104 Å². The predicted octanol–water partition coefficient (Wildman–Crippen LogP) is 6.86. The van der Waals surface area contributed by atoms with Crippen molar-refractivity contribution in [3.63, 3.8) is 0 Å². The molecule has 4 aromatic rings. The summed E-state index contributed by atoms with van der Waals surface area (Å²) in [4.78, 5) is 25.6. The van der Waals surface area contributed by atoms with Crippen molar-refractivity contribution in [2.24, 2.45) is 11.0 Å². The van der Waals surface area contributed by atoms with E-state index >= 15 is 0 Å². The molecule has 0 aliphatic carbocycles. The summed E-state index contributed by atoms with van der Waals surface area (Å²) in [6, 6.07) is 19.1. The Balaban J connectivity index is 1.54. The lowest BCUT2D eigenvalue weighted by Crippen LogP contribution is -2.48. The molecule has 0 aliphatic rings. The van der Waals surface area contributed by atoms with Crippen LogP contribution in [0, 0.1) is 12.8 Å². The summed E-state index contributed by atoms with van der Waals surface area (Å²) in [5.41, 5.74) is 6.80. The Morgan fingerprint density at radius 2 is 1.66 bits per heavy atom. The predicted molar refractivity (Wildman–Crippen MR) is 156 cm³/mol. The van der Waals surface area contributed by atoms with Crippen LogP contribution in [0.15, 0.2) is 71.8 Å². The van der Waals surface area contributed by atoms with Crippen LogP contribution in [-0.2, 0) is 11.3 Å². The van der Waals surface area contributed by atoms with Gasteiger partial charge in [0.15, 0.2) is 0 Å². The summed E-state index contributed by atoms with van der Waals surface area (Å²) in [5.74, 6) is -0.929. The van der Waals surface area contributed by atoms with Crippen molar-refractivity contribution < 1.29 is 9.59 Å². The fraction of sp³-hybridized carbons (Fsp3) is 0.207. The summed E-state index contributed by atoms with van der Waals surface area (Å²) in [7, 11) is 0. The Bertz CT molecular complexity index is 1510. The van der Waals surface area contributed by atoms with Gasteiger partial charge in [-0.2, -0.15) is 5.10 Å². The first-order valence-electron chi connectivity index (χ1n) is 12.1. The van der Waals surface area contributed by atoms with Gasteiger partial charge in [0, 0.05) is 49.3 Å². The maximum Gasteiger partial charge on any atom is 0.262 e. The van der Waals surface area contributed by atoms with E-state index in [2.05, 4.69) is 20.4 Å². The van der Waals surface area contributed by atoms with E-state index < -0.39 is 11.9 Å². The van der Waals surface area contributed by atoms with E-state index in [9.17, 15) is 9.59 Å². The maximum absolute atomic E-state index is 13.0. The number of aromatic nitrogens is 1. The number of fused-ring (bicyclic) bond motifs is 1. The highest BCUT2D eigenvalue weighted by atomic mass is 35.5. The minimum Gasteiger partial charge on any atom is -0.340 e. The number of nitrogens with zero attached hydrogens (tertiary/aromatic N) is 2. The molecule has 0 spiro atoms. The molecule has 4 rings (SSSR count). The number of benzene rings is 3. The molecule has 1 unspecified atom stereocenters. The molecule has 0 aliphatic heterocycles. The van der Waals surface area contributed by atoms with Crippen LogP contribution >= 0.6 is 34.8 Å². The summed E-state index contributed by atoms with van der Waals surface area (Å²) < 4.78 is 2.15. The first kappa shape index (κ1) is 27.7. The van der Waals surface area contributed by atoms with Crippen LogP contribution in [-0.4, -0.2) is 28.6 Å². The van der Waals surface area contributed by atoms with Gasteiger partial charge in [-0.15, -0.1) is 0 Å². The summed E-state index contributed by atoms with van der Waals surface area (Å²) in [6.45, 7) is 6.26. The number of carbonyl (C=O) groups is 2. The zero-order chi connectivity index (χ0) is 27.4. The first-order chi connectivity index (χ1) is 18.2. The van der Waals surface area contributed by atoms with E-state index in [0.29, 0.717) is 27.2 Å². The average molecular weight is 570 g/mol. The summed E-state index contributed by atoms with van der Waals surface area (Å²) in [5, 5.41) is 9.73. The number of rotatable bonds is 8. The van der Waals surface area contributed by atoms with Gasteiger partial charge in [-0.25, -0.2) is 5.43 Å². The molecule has 0 bridgehead atoms. The Morgan fingerprint density at radius 3 is 2.34 bits per heavy atom. The second-order valence-electron chi connectivity index (χ2n) is 9.27. The molecule has 1 atom stereocenters. The molecule has 0 radical (unpaired) electrons. The second kappa shape index (κ2) is 12.0. The molecule has 1 heterocycles. The van der Waals surface area contributed by atoms with Gasteiger partial charge in [-0.1, -0.05) is 72.9 Å². The summed E-state index contributed by atoms with van der Waals surface area (Å²) in [6.07, 6.45) is 1.63. The normalized spacial score (nSPS) is 12.3. The molecule has 38 heavy (non-hydrogen) atoms. The van der Waals surface area contributed by atoms with E-state index in [0.717, 1.165) is 27.7 Å². The molecule has 2 N–H and O–H groups in total. The number of carbonyl (C=O) groups excluding carboxylic acids is 2. The molecule has 1 aromatic heterocycles. The Labute approximate surface area is 236 Å². The molecular weight excluding hydrogens is 543 g/mol. The van der Waals surface area contributed by atoms with Crippen LogP contribution in [0.3, 0.4) is 0 Å². The van der Waals surface area contributed by atoms with Gasteiger partial charge in [0.2, 0.25) is 0 Å². The Morgan fingerprint density at radius 1 is 0.974 bits per heavy atom. The van der Waals surface area contributed by atoms with Crippen molar-refractivity contribution in [2.75, 3.05) is 0 Å². The van der Waals surface area contributed by atoms with E-state index in [1.54, 1.807) is 36.5 Å². The van der Waals surface area contributed by atoms with Crippen LogP contribution in [0.2, 0.25) is 15.1 Å². The highest BCUT2D eigenvalue weighted by Crippen LogP contribution is 2.28. The average Bonchev–Trinajstić information content (AvgIpc) is 3.14. The minimum absolute atomic E-state index is 0.158. The summed E-state index contributed by atoms with van der Waals surface area (Å²) >= 11 is 18.4. The molecule has 196 valence electrons. The monoisotopic (exact) mass is 568 g/mol. The third-order valence-corrected chi connectivity index (χ3v) is 7.17. The minimum atomic E-state index is -0.773. The van der Waals surface area contributed by atoms with Crippen LogP contribution < -0.4 is 10.7 Å². The lowest BCUT2D eigenvalue weighted by atomic mass is 10.0. The van der Waals surface area contributed by atoms with Gasteiger partial charge in [0.1, 0.15) is 6.04 Å². The number of nitrogens with one attached hydrogen (secondary N) is 2. The van der Waals surface area contributed by atoms with Crippen molar-refractivity contribution in [1.29, 1.82) is 0 Å². The van der Waals surface area contributed by atoms with Gasteiger partial charge in [-0.3, -0.25) is 9.59 Å². The van der Waals surface area contributed by atoms with Gasteiger partial charge >= 0.3 is 0 Å². The van der Waals surface area contributed by atoms with Gasteiger partial charge in [0.25, 0.3) is 11.8 Å². The number of hydrogen-bond acceptors (Lipinski definition) is 3. The van der Waals surface area contributed by atoms with Crippen molar-refractivity contribution in [3.8, 4) is 0 Å². The maximum atomic E-state index is 13.0. The fourth-order valence-electron chi connectivity index (χ4n) is 4.24. The van der Waals surface area contributed by atoms with Crippen LogP contribution in [0.5, 0.6) is 0 Å². The Kier molecular flexibility index (Phi) is 8.77. The van der Waals surface area contributed by atoms with Crippen LogP contribution in [0.1, 0.15) is 41.0 Å².